The van der Waals surface area contributed by atoms with Gasteiger partial charge in [0.15, 0.2) is 0 Å². The lowest BCUT2D eigenvalue weighted by molar-refractivity contribution is -0.137. The Morgan fingerprint density at radius 2 is 1.73 bits per heavy atom. The molecule has 1 saturated heterocycles. The number of aryl methyl sites for hydroxylation is 2. The third kappa shape index (κ3) is 4.75. The van der Waals surface area contributed by atoms with Gasteiger partial charge in [-0.05, 0) is 24.8 Å². The van der Waals surface area contributed by atoms with Gasteiger partial charge < -0.3 is 14.5 Å². The van der Waals surface area contributed by atoms with Gasteiger partial charge in [0, 0.05) is 51.8 Å². The third-order valence-corrected chi connectivity index (χ3v) is 5.75. The van der Waals surface area contributed by atoms with Crippen LogP contribution in [0.25, 0.3) is 11.4 Å². The summed E-state index contributed by atoms with van der Waals surface area (Å²) in [4.78, 5) is 16.4. The molecular weight excluding hydrogens is 417 g/mol. The smallest absolute Gasteiger partial charge is 0.351 e. The zero-order chi connectivity index (χ0) is 21.3. The highest BCUT2D eigenvalue weighted by Crippen LogP contribution is 2.35. The molecule has 3 aromatic heterocycles. The van der Waals surface area contributed by atoms with Crippen LogP contribution in [0.3, 0.4) is 0 Å². The number of hydrogen-bond acceptors (Lipinski definition) is 7. The maximum atomic E-state index is 13.4. The third-order valence-electron chi connectivity index (χ3n) is 4.73. The average molecular weight is 438 g/mol. The van der Waals surface area contributed by atoms with Gasteiger partial charge in [-0.25, -0.2) is 24.2 Å². The zero-order valence-corrected chi connectivity index (χ0v) is 17.3. The lowest BCUT2D eigenvalue weighted by Gasteiger charge is -2.30. The van der Waals surface area contributed by atoms with E-state index in [9.17, 15) is 13.2 Å². The van der Waals surface area contributed by atoms with E-state index in [0.717, 1.165) is 37.2 Å². The van der Waals surface area contributed by atoms with Crippen LogP contribution in [0.5, 0.6) is 0 Å². The van der Waals surface area contributed by atoms with Crippen molar-refractivity contribution in [2.45, 2.75) is 30.1 Å². The molecule has 0 aromatic carbocycles. The zero-order valence-electron chi connectivity index (χ0n) is 16.5. The van der Waals surface area contributed by atoms with Gasteiger partial charge in [0.05, 0.1) is 12.7 Å². The Balaban J connectivity index is 1.44. The monoisotopic (exact) mass is 438 g/mol. The van der Waals surface area contributed by atoms with Gasteiger partial charge in [-0.15, -0.1) is 0 Å². The molecule has 1 fully saturated rings. The van der Waals surface area contributed by atoms with Gasteiger partial charge in [-0.3, -0.25) is 0 Å². The molecule has 160 valence electrons. The molecule has 8 nitrogen and oxygen atoms in total. The Morgan fingerprint density at radius 3 is 2.33 bits per heavy atom. The first-order valence-corrected chi connectivity index (χ1v) is 10.2. The van der Waals surface area contributed by atoms with E-state index in [4.69, 9.17) is 0 Å². The SMILES string of the molecule is Cn1cnc(SN2CCC(Nc3ncc(C(F)(F)F)c(-c4cn(C)cn4)n3)CC2)c1. The van der Waals surface area contributed by atoms with Crippen molar-refractivity contribution in [3.05, 3.63) is 36.8 Å². The second kappa shape index (κ2) is 8.26. The van der Waals surface area contributed by atoms with Gasteiger partial charge in [-0.1, -0.05) is 0 Å². The number of rotatable bonds is 5. The van der Waals surface area contributed by atoms with Crippen LogP contribution in [-0.2, 0) is 20.3 Å². The molecule has 1 N–H and O–H groups in total. The van der Waals surface area contributed by atoms with Crippen LogP contribution < -0.4 is 5.32 Å². The Morgan fingerprint density at radius 1 is 1.03 bits per heavy atom. The molecule has 0 radical (unpaired) electrons. The van der Waals surface area contributed by atoms with Crippen molar-refractivity contribution in [1.82, 2.24) is 33.4 Å². The summed E-state index contributed by atoms with van der Waals surface area (Å²) in [6.45, 7) is 1.65. The summed E-state index contributed by atoms with van der Waals surface area (Å²) in [5.41, 5.74) is -0.950. The number of halogens is 3. The second-order valence-electron chi connectivity index (χ2n) is 7.19. The molecule has 12 heteroatoms. The predicted octanol–water partition coefficient (Wildman–Crippen LogP) is 3.21. The van der Waals surface area contributed by atoms with Crippen molar-refractivity contribution in [2.75, 3.05) is 18.4 Å². The number of aromatic nitrogens is 6. The molecule has 0 bridgehead atoms. The summed E-state index contributed by atoms with van der Waals surface area (Å²) < 4.78 is 45.9. The van der Waals surface area contributed by atoms with Gasteiger partial charge >= 0.3 is 6.18 Å². The second-order valence-corrected chi connectivity index (χ2v) is 8.31. The summed E-state index contributed by atoms with van der Waals surface area (Å²) in [5, 5.41) is 4.12. The summed E-state index contributed by atoms with van der Waals surface area (Å²) in [5.74, 6) is 0.180. The molecule has 4 heterocycles. The van der Waals surface area contributed by atoms with E-state index < -0.39 is 11.7 Å². The molecule has 30 heavy (non-hydrogen) atoms. The van der Waals surface area contributed by atoms with Crippen molar-refractivity contribution in [3.63, 3.8) is 0 Å². The van der Waals surface area contributed by atoms with Crippen LogP contribution in [0.1, 0.15) is 18.4 Å². The Labute approximate surface area is 175 Å². The maximum absolute atomic E-state index is 13.4. The highest BCUT2D eigenvalue weighted by atomic mass is 32.2. The fraction of sp³-hybridized carbons (Fsp3) is 0.444. The molecule has 0 unspecified atom stereocenters. The molecule has 0 aliphatic carbocycles. The lowest BCUT2D eigenvalue weighted by Crippen LogP contribution is -2.36. The summed E-state index contributed by atoms with van der Waals surface area (Å²) in [6.07, 6.45) is 4.59. The minimum absolute atomic E-state index is 0.0823. The number of anilines is 1. The van der Waals surface area contributed by atoms with E-state index in [0.29, 0.717) is 0 Å². The quantitative estimate of drug-likeness (QED) is 0.613. The highest BCUT2D eigenvalue weighted by Gasteiger charge is 2.36. The molecule has 0 atom stereocenters. The normalized spacial score (nSPS) is 16.2. The first kappa shape index (κ1) is 20.7. The van der Waals surface area contributed by atoms with Gasteiger partial charge in [0.2, 0.25) is 5.95 Å². The number of imidazole rings is 2. The molecule has 0 amide bonds. The molecule has 1 aliphatic rings. The van der Waals surface area contributed by atoms with Crippen molar-refractivity contribution >= 4 is 17.9 Å². The fourth-order valence-electron chi connectivity index (χ4n) is 3.23. The number of piperidine rings is 1. The minimum Gasteiger partial charge on any atom is -0.351 e. The Hall–Kier alpha value is -2.60. The van der Waals surface area contributed by atoms with E-state index in [1.54, 1.807) is 29.9 Å². The highest BCUT2D eigenvalue weighted by molar-refractivity contribution is 7.97. The predicted molar refractivity (Wildman–Crippen MR) is 107 cm³/mol. The molecular formula is C18H21F3N8S. The van der Waals surface area contributed by atoms with E-state index in [2.05, 4.69) is 29.6 Å². The molecule has 1 aliphatic heterocycles. The number of hydrogen-bond donors (Lipinski definition) is 1. The van der Waals surface area contributed by atoms with Gasteiger partial charge in [0.1, 0.15) is 22.0 Å². The lowest BCUT2D eigenvalue weighted by atomic mass is 10.1. The van der Waals surface area contributed by atoms with Gasteiger partial charge in [0.25, 0.3) is 0 Å². The number of nitrogens with one attached hydrogen (secondary N) is 1. The van der Waals surface area contributed by atoms with E-state index in [1.807, 2.05) is 17.8 Å². The van der Waals surface area contributed by atoms with E-state index >= 15 is 0 Å². The molecule has 4 rings (SSSR count). The van der Waals surface area contributed by atoms with Gasteiger partial charge in [-0.2, -0.15) is 13.2 Å². The van der Waals surface area contributed by atoms with Crippen LogP contribution in [0.2, 0.25) is 0 Å². The Bertz CT molecular complexity index is 1010. The molecule has 0 saturated carbocycles. The van der Waals surface area contributed by atoms with Crippen LogP contribution in [0.15, 0.2) is 36.3 Å². The van der Waals surface area contributed by atoms with Crippen LogP contribution in [0.4, 0.5) is 19.1 Å². The largest absolute Gasteiger partial charge is 0.420 e. The van der Waals surface area contributed by atoms with Crippen molar-refractivity contribution < 1.29 is 13.2 Å². The molecule has 3 aromatic rings. The van der Waals surface area contributed by atoms with Crippen LogP contribution >= 0.6 is 11.9 Å². The number of nitrogens with zero attached hydrogens (tertiary/aromatic N) is 7. The Kier molecular flexibility index (Phi) is 5.69. The average Bonchev–Trinajstić information content (AvgIpc) is 3.30. The van der Waals surface area contributed by atoms with Crippen molar-refractivity contribution in [2.24, 2.45) is 14.1 Å². The fourth-order valence-corrected chi connectivity index (χ4v) is 4.20. The van der Waals surface area contributed by atoms with E-state index in [-0.39, 0.29) is 23.4 Å². The first-order chi connectivity index (χ1) is 14.3. The number of alkyl halides is 3. The van der Waals surface area contributed by atoms with Crippen molar-refractivity contribution in [1.29, 1.82) is 0 Å². The van der Waals surface area contributed by atoms with Crippen LogP contribution in [-0.4, -0.2) is 52.5 Å². The van der Waals surface area contributed by atoms with Crippen molar-refractivity contribution in [3.8, 4) is 11.4 Å². The standard InChI is InChI=1S/C18H21F3N8S/c1-27-8-14(23-10-27)16-13(18(19,20)21)7-22-17(26-16)25-12-3-5-29(6-4-12)30-15-9-28(2)11-24-15/h7-12H,3-6H2,1-2H3,(H,22,25,26). The molecule has 0 spiro atoms. The summed E-state index contributed by atoms with van der Waals surface area (Å²) in [6, 6.07) is 0.0823. The first-order valence-electron chi connectivity index (χ1n) is 9.38. The van der Waals surface area contributed by atoms with E-state index in [1.165, 1.54) is 12.5 Å². The topological polar surface area (TPSA) is 76.7 Å². The van der Waals surface area contributed by atoms with Crippen LogP contribution in [0, 0.1) is 0 Å². The summed E-state index contributed by atoms with van der Waals surface area (Å²) >= 11 is 1.61. The summed E-state index contributed by atoms with van der Waals surface area (Å²) in [7, 11) is 3.62. The minimum atomic E-state index is -4.56. The maximum Gasteiger partial charge on any atom is 0.420 e.